The van der Waals surface area contributed by atoms with Crippen molar-refractivity contribution in [2.75, 3.05) is 5.32 Å². The number of fused-ring (bicyclic) bond motifs is 1. The van der Waals surface area contributed by atoms with E-state index in [4.69, 9.17) is 27.9 Å². The van der Waals surface area contributed by atoms with Gasteiger partial charge in [-0.2, -0.15) is 5.10 Å². The van der Waals surface area contributed by atoms with Gasteiger partial charge in [-0.25, -0.2) is 9.67 Å². The van der Waals surface area contributed by atoms with Gasteiger partial charge >= 0.3 is 0 Å². The topological polar surface area (TPSA) is 69.0 Å². The summed E-state index contributed by atoms with van der Waals surface area (Å²) in [6, 6.07) is 12.7. The monoisotopic (exact) mass is 432 g/mol. The van der Waals surface area contributed by atoms with Crippen LogP contribution >= 0.6 is 34.5 Å². The highest BCUT2D eigenvalue weighted by Gasteiger charge is 2.14. The zero-order chi connectivity index (χ0) is 19.7. The van der Waals surface area contributed by atoms with Crippen molar-refractivity contribution >= 4 is 55.8 Å². The summed E-state index contributed by atoms with van der Waals surface area (Å²) in [6.07, 6.45) is 1.64. The van der Waals surface area contributed by atoms with Crippen LogP contribution in [0.4, 0.5) is 5.13 Å². The fourth-order valence-corrected chi connectivity index (χ4v) is 4.02. The number of amides is 1. The highest BCUT2D eigenvalue weighted by molar-refractivity contribution is 7.22. The summed E-state index contributed by atoms with van der Waals surface area (Å²) < 4.78 is 8.11. The van der Waals surface area contributed by atoms with E-state index in [1.54, 1.807) is 30.5 Å². The van der Waals surface area contributed by atoms with E-state index >= 15 is 0 Å². The van der Waals surface area contributed by atoms with Gasteiger partial charge in [0.1, 0.15) is 0 Å². The maximum Gasteiger partial charge on any atom is 0.277 e. The molecule has 4 rings (SSSR count). The third-order valence-corrected chi connectivity index (χ3v) is 5.43. The highest BCUT2D eigenvalue weighted by Crippen LogP contribution is 2.32. The Morgan fingerprint density at radius 1 is 1.21 bits per heavy atom. The lowest BCUT2D eigenvalue weighted by Crippen LogP contribution is -2.14. The Kier molecular flexibility index (Phi) is 5.21. The first-order valence-electron chi connectivity index (χ1n) is 8.28. The summed E-state index contributed by atoms with van der Waals surface area (Å²) in [6.45, 7) is 2.08. The van der Waals surface area contributed by atoms with Gasteiger partial charge < -0.3 is 4.74 Å². The number of carbonyl (C=O) groups excluding carboxylic acids is 1. The van der Waals surface area contributed by atoms with Gasteiger partial charge in [-0.05, 0) is 42.8 Å². The maximum atomic E-state index is 12.5. The number of halogens is 2. The van der Waals surface area contributed by atoms with Crippen LogP contribution < -0.4 is 10.1 Å². The SMILES string of the molecule is Cc1ccc2nc(NC(=O)c3ccn(COc4c(Cl)cccc4Cl)n3)sc2c1. The molecule has 9 heteroatoms. The number of thiazole rings is 1. The molecule has 0 atom stereocenters. The smallest absolute Gasteiger partial charge is 0.277 e. The third kappa shape index (κ3) is 3.96. The minimum atomic E-state index is -0.342. The van der Waals surface area contributed by atoms with Gasteiger partial charge in [-0.1, -0.05) is 46.7 Å². The molecule has 28 heavy (non-hydrogen) atoms. The van der Waals surface area contributed by atoms with Crippen LogP contribution in [-0.2, 0) is 6.73 Å². The minimum Gasteiger partial charge on any atom is -0.468 e. The van der Waals surface area contributed by atoms with E-state index in [0.717, 1.165) is 15.8 Å². The van der Waals surface area contributed by atoms with Crippen LogP contribution in [0.25, 0.3) is 10.2 Å². The van der Waals surface area contributed by atoms with E-state index < -0.39 is 0 Å². The van der Waals surface area contributed by atoms with Gasteiger partial charge in [0.15, 0.2) is 23.3 Å². The molecule has 6 nitrogen and oxygen atoms in total. The van der Waals surface area contributed by atoms with Gasteiger partial charge in [0.25, 0.3) is 5.91 Å². The van der Waals surface area contributed by atoms with E-state index in [0.29, 0.717) is 20.9 Å². The Balaban J connectivity index is 1.43. The van der Waals surface area contributed by atoms with Crippen LogP contribution in [0.15, 0.2) is 48.7 Å². The molecule has 0 saturated carbocycles. The molecule has 0 unspecified atom stereocenters. The number of para-hydroxylation sites is 1. The number of hydrogen-bond acceptors (Lipinski definition) is 5. The summed E-state index contributed by atoms with van der Waals surface area (Å²) in [4.78, 5) is 16.9. The number of nitrogens with zero attached hydrogens (tertiary/aromatic N) is 3. The predicted molar refractivity (Wildman–Crippen MR) is 112 cm³/mol. The molecule has 0 saturated heterocycles. The number of aryl methyl sites for hydroxylation is 1. The average molecular weight is 433 g/mol. The molecule has 0 bridgehead atoms. The number of anilines is 1. The van der Waals surface area contributed by atoms with Crippen LogP contribution in [0, 0.1) is 6.92 Å². The highest BCUT2D eigenvalue weighted by atomic mass is 35.5. The molecule has 142 valence electrons. The van der Waals surface area contributed by atoms with Crippen molar-refractivity contribution in [3.63, 3.8) is 0 Å². The molecule has 2 aromatic carbocycles. The summed E-state index contributed by atoms with van der Waals surface area (Å²) in [5.74, 6) is 0.0300. The lowest BCUT2D eigenvalue weighted by atomic mass is 10.2. The quantitative estimate of drug-likeness (QED) is 0.458. The van der Waals surface area contributed by atoms with E-state index in [1.807, 2.05) is 25.1 Å². The van der Waals surface area contributed by atoms with Gasteiger partial charge in [0.2, 0.25) is 0 Å². The molecule has 4 aromatic rings. The second-order valence-electron chi connectivity index (χ2n) is 6.01. The fourth-order valence-electron chi connectivity index (χ4n) is 2.55. The second-order valence-corrected chi connectivity index (χ2v) is 7.85. The molecule has 0 radical (unpaired) electrons. The standard InChI is InChI=1S/C19H14Cl2N4O2S/c1-11-5-6-14-16(9-11)28-19(22-14)23-18(26)15-7-8-25(24-15)10-27-17-12(20)3-2-4-13(17)21/h2-9H,10H2,1H3,(H,22,23,26). The van der Waals surface area contributed by atoms with Gasteiger partial charge in [0.05, 0.1) is 20.3 Å². The Bertz CT molecular complexity index is 1150. The number of rotatable bonds is 5. The van der Waals surface area contributed by atoms with Crippen molar-refractivity contribution in [2.45, 2.75) is 13.7 Å². The second kappa shape index (κ2) is 7.79. The van der Waals surface area contributed by atoms with Crippen molar-refractivity contribution in [3.05, 3.63) is 70.0 Å². The number of ether oxygens (including phenoxy) is 1. The Morgan fingerprint density at radius 2 is 2.00 bits per heavy atom. The van der Waals surface area contributed by atoms with Crippen molar-refractivity contribution < 1.29 is 9.53 Å². The molecular formula is C19H14Cl2N4O2S. The van der Waals surface area contributed by atoms with Crippen LogP contribution in [-0.4, -0.2) is 20.7 Å². The zero-order valence-electron chi connectivity index (χ0n) is 14.6. The molecule has 0 aliphatic rings. The molecule has 1 N–H and O–H groups in total. The Hall–Kier alpha value is -2.61. The molecule has 0 fully saturated rings. The predicted octanol–water partition coefficient (Wildman–Crippen LogP) is 5.40. The van der Waals surface area contributed by atoms with E-state index in [9.17, 15) is 4.79 Å². The molecular weight excluding hydrogens is 419 g/mol. The zero-order valence-corrected chi connectivity index (χ0v) is 17.0. The summed E-state index contributed by atoms with van der Waals surface area (Å²) >= 11 is 13.6. The van der Waals surface area contributed by atoms with Gasteiger partial charge in [0, 0.05) is 6.20 Å². The summed E-state index contributed by atoms with van der Waals surface area (Å²) in [5, 5.41) is 8.34. The lowest BCUT2D eigenvalue weighted by Gasteiger charge is -2.09. The third-order valence-electron chi connectivity index (χ3n) is 3.90. The first-order chi connectivity index (χ1) is 13.5. The van der Waals surface area contributed by atoms with Crippen molar-refractivity contribution in [1.82, 2.24) is 14.8 Å². The van der Waals surface area contributed by atoms with Crippen LogP contribution in [0.1, 0.15) is 16.1 Å². The number of nitrogens with one attached hydrogen (secondary N) is 1. The van der Waals surface area contributed by atoms with Crippen molar-refractivity contribution in [1.29, 1.82) is 0 Å². The van der Waals surface area contributed by atoms with Crippen molar-refractivity contribution in [3.8, 4) is 5.75 Å². The summed E-state index contributed by atoms with van der Waals surface area (Å²) in [7, 11) is 0. The fraction of sp³-hybridized carbons (Fsp3) is 0.105. The molecule has 1 amide bonds. The van der Waals surface area contributed by atoms with Gasteiger partial charge in [-0.15, -0.1) is 0 Å². The van der Waals surface area contributed by atoms with E-state index in [-0.39, 0.29) is 18.3 Å². The maximum absolute atomic E-state index is 12.5. The van der Waals surface area contributed by atoms with Gasteiger partial charge in [-0.3, -0.25) is 10.1 Å². The normalized spacial score (nSPS) is 11.0. The largest absolute Gasteiger partial charge is 0.468 e. The lowest BCUT2D eigenvalue weighted by molar-refractivity contribution is 0.102. The minimum absolute atomic E-state index is 0.0666. The van der Waals surface area contributed by atoms with Crippen LogP contribution in [0.3, 0.4) is 0 Å². The van der Waals surface area contributed by atoms with E-state index in [1.165, 1.54) is 16.0 Å². The molecule has 0 spiro atoms. The first-order valence-corrected chi connectivity index (χ1v) is 9.85. The van der Waals surface area contributed by atoms with E-state index in [2.05, 4.69) is 15.4 Å². The first kappa shape index (κ1) is 18.7. The average Bonchev–Trinajstić information content (AvgIpc) is 3.27. The van der Waals surface area contributed by atoms with Crippen LogP contribution in [0.2, 0.25) is 10.0 Å². The number of benzene rings is 2. The Labute approximate surface area is 174 Å². The number of aromatic nitrogens is 3. The van der Waals surface area contributed by atoms with Crippen LogP contribution in [0.5, 0.6) is 5.75 Å². The number of hydrogen-bond donors (Lipinski definition) is 1. The molecule has 2 heterocycles. The number of carbonyl (C=O) groups is 1. The molecule has 2 aromatic heterocycles. The Morgan fingerprint density at radius 3 is 2.79 bits per heavy atom. The van der Waals surface area contributed by atoms with Crippen molar-refractivity contribution in [2.24, 2.45) is 0 Å². The summed E-state index contributed by atoms with van der Waals surface area (Å²) in [5.41, 5.74) is 2.25. The molecule has 0 aliphatic heterocycles. The molecule has 0 aliphatic carbocycles.